The number of H-pyrrole nitrogens is 3. The van der Waals surface area contributed by atoms with Crippen LogP contribution in [-0.2, 0) is 69.9 Å². The number of benzene rings is 3. The molecule has 0 aliphatic carbocycles. The number of methoxy groups -OCH3 is 2. The van der Waals surface area contributed by atoms with Crippen molar-refractivity contribution in [1.82, 2.24) is 33.3 Å². The molecule has 0 bridgehead atoms. The Kier molecular flexibility index (Phi) is 26.7. The molecule has 3 N–H and O–H groups in total. The lowest BCUT2D eigenvalue weighted by molar-refractivity contribution is -0.0961. The zero-order chi connectivity index (χ0) is 72.8. The van der Waals surface area contributed by atoms with Gasteiger partial charge >= 0.3 is 32.7 Å². The van der Waals surface area contributed by atoms with E-state index in [0.717, 1.165) is 13.7 Å². The Hall–Kier alpha value is -7.86. The van der Waals surface area contributed by atoms with Gasteiger partial charge in [0.05, 0.1) is 97.4 Å². The quantitative estimate of drug-likeness (QED) is 0.0193. The molecule has 0 spiro atoms. The lowest BCUT2D eigenvalue weighted by Crippen LogP contribution is -2.38. The average Bonchev–Trinajstić information content (AvgIpc) is 1.68. The molecule has 3 unspecified atom stereocenters. The molecule has 9 rings (SSSR count). The number of aromatic amines is 3. The fraction of sp³-hybridized carbons (Fsp3) is 0.500. The van der Waals surface area contributed by atoms with E-state index in [1.165, 1.54) is 53.6 Å². The molecule has 3 fully saturated rings. The van der Waals surface area contributed by atoms with Gasteiger partial charge < -0.3 is 37.5 Å². The Morgan fingerprint density at radius 2 is 0.901 bits per heavy atom. The summed E-state index contributed by atoms with van der Waals surface area (Å²) in [7, 11) is -9.09. The SMILES string of the molecule is COc1ccc(C(OC[C@H]2O[C@@H](n3cc(C)c(=O)[nH]c3=O)C[C@@H]2OP(=O)(OCCC#N)OC[C@H]2O[C@@H](n3cc(C)c(=O)[nH]c3=O)C[C@@H]2OP(=O)(OCCC#N)OC[C@H]2O[C@@H](n3cc(C)c(=O)[nH]c3=O)C[C@@H]2OP(OCCC#N)N(C(C)C)C(C)C)(c2ccccc2)c2ccc(OC)cc2)cc1. The summed E-state index contributed by atoms with van der Waals surface area (Å²) in [5.74, 6) is 1.10. The number of phosphoric ester groups is 2. The van der Waals surface area contributed by atoms with Gasteiger partial charge in [0.2, 0.25) is 0 Å². The molecule has 35 heteroatoms. The maximum Gasteiger partial charge on any atom is 0.475 e. The molecule has 0 amide bonds. The number of nitrogens with zero attached hydrogens (tertiary/aromatic N) is 7. The number of ether oxygens (including phenoxy) is 6. The second-order valence-electron chi connectivity index (χ2n) is 24.3. The summed E-state index contributed by atoms with van der Waals surface area (Å²) in [6, 6.07) is 29.2. The van der Waals surface area contributed by atoms with Gasteiger partial charge in [0.15, 0.2) is 0 Å². The minimum absolute atomic E-state index is 0.0163. The van der Waals surface area contributed by atoms with Gasteiger partial charge in [-0.05, 0) is 89.4 Å². The Morgan fingerprint density at radius 3 is 1.29 bits per heavy atom. The molecule has 6 aromatic rings. The third kappa shape index (κ3) is 18.9. The van der Waals surface area contributed by atoms with E-state index in [-0.39, 0.29) is 67.5 Å². The molecular formula is C66H81N10O22P3. The van der Waals surface area contributed by atoms with E-state index in [0.29, 0.717) is 28.2 Å². The number of aryl methyl sites for hydroxylation is 3. The van der Waals surface area contributed by atoms with Crippen molar-refractivity contribution in [2.75, 3.05) is 53.9 Å². The first kappa shape index (κ1) is 77.3. The highest BCUT2D eigenvalue weighted by molar-refractivity contribution is 7.48. The predicted molar refractivity (Wildman–Crippen MR) is 361 cm³/mol. The number of nitrogens with one attached hydrogen (secondary N) is 3. The van der Waals surface area contributed by atoms with Gasteiger partial charge in [-0.3, -0.25) is 70.2 Å². The van der Waals surface area contributed by atoms with Crippen LogP contribution in [-0.4, -0.2) is 136 Å². The van der Waals surface area contributed by atoms with Gasteiger partial charge in [0.1, 0.15) is 66.3 Å². The predicted octanol–water partition coefficient (Wildman–Crippen LogP) is 7.99. The Morgan fingerprint density at radius 1 is 0.535 bits per heavy atom. The highest BCUT2D eigenvalue weighted by Gasteiger charge is 2.50. The first-order valence-corrected chi connectivity index (χ1v) is 36.5. The van der Waals surface area contributed by atoms with Crippen LogP contribution in [0.25, 0.3) is 0 Å². The second-order valence-corrected chi connectivity index (χ2v) is 28.9. The van der Waals surface area contributed by atoms with Crippen molar-refractivity contribution < 1.29 is 73.7 Å². The second kappa shape index (κ2) is 34.9. The number of hydrogen-bond donors (Lipinski definition) is 3. The molecule has 0 saturated carbocycles. The van der Waals surface area contributed by atoms with Crippen LogP contribution >= 0.6 is 24.2 Å². The zero-order valence-corrected chi connectivity index (χ0v) is 59.7. The van der Waals surface area contributed by atoms with Crippen LogP contribution in [0.2, 0.25) is 0 Å². The zero-order valence-electron chi connectivity index (χ0n) is 57.0. The molecule has 3 aliphatic rings. The van der Waals surface area contributed by atoms with Crippen LogP contribution in [0, 0.1) is 54.8 Å². The first-order chi connectivity index (χ1) is 48.3. The molecule has 3 aromatic carbocycles. The van der Waals surface area contributed by atoms with E-state index >= 15 is 9.13 Å². The molecule has 101 heavy (non-hydrogen) atoms. The summed E-state index contributed by atoms with van der Waals surface area (Å²) in [5.41, 5.74) is -3.73. The molecule has 32 nitrogen and oxygen atoms in total. The van der Waals surface area contributed by atoms with Crippen LogP contribution in [0.1, 0.15) is 118 Å². The molecule has 12 atom stereocenters. The number of aromatic nitrogens is 6. The van der Waals surface area contributed by atoms with Crippen molar-refractivity contribution in [2.45, 2.75) is 160 Å². The van der Waals surface area contributed by atoms with Gasteiger partial charge in [-0.1, -0.05) is 54.6 Å². The molecule has 3 saturated heterocycles. The Bertz CT molecular complexity index is 4360. The fourth-order valence-electron chi connectivity index (χ4n) is 11.8. The number of phosphoric acid groups is 2. The lowest BCUT2D eigenvalue weighted by Gasteiger charge is -2.37. The standard InChI is InChI=1S/C66H81N10O22P3/c1-41(2)76(42(3)4)99(88-29-13-26-67)96-51-32-57(73-35-43(5)60(77)70-63(73)80)94-55(51)39-91-100(83,89-30-14-27-68)98-53-34-59(75-37-45(7)62(79)72-65(75)82)95-56(53)40-92-101(84,90-31-15-28-69)97-52-33-58(74-36-44(6)61(78)71-64(74)81)93-54(52)38-87-66(46-16-11-10-12-17-46,47-18-22-49(85-8)23-19-47)48-20-24-50(86-9)25-21-48/h10-12,16-25,35-37,41-42,51-59H,13-15,29-34,38-40H2,1-9H3,(H,70,77,80)(H,71,78,81)(H,72,79,82)/t51-,52-,53-,54+,55+,56+,57+,58+,59+,99?,100?,101?/m0/s1. The van der Waals surface area contributed by atoms with Crippen LogP contribution in [0.3, 0.4) is 0 Å². The third-order valence-corrected chi connectivity index (χ3v) is 21.8. The normalized spacial score (nSPS) is 22.2. The van der Waals surface area contributed by atoms with Crippen molar-refractivity contribution in [2.24, 2.45) is 0 Å². The number of nitriles is 3. The molecule has 0 radical (unpaired) electrons. The summed E-state index contributed by atoms with van der Waals surface area (Å²) < 4.78 is 124. The van der Waals surface area contributed by atoms with E-state index in [2.05, 4.69) is 21.0 Å². The fourth-order valence-corrected chi connectivity index (χ4v) is 16.3. The van der Waals surface area contributed by atoms with E-state index in [1.54, 1.807) is 24.3 Å². The van der Waals surface area contributed by atoms with E-state index < -0.39 is 158 Å². The highest BCUT2D eigenvalue weighted by Crippen LogP contribution is 2.58. The topological polar surface area (TPSA) is 403 Å². The van der Waals surface area contributed by atoms with Crippen LogP contribution in [0.15, 0.2) is 126 Å². The van der Waals surface area contributed by atoms with Gasteiger partial charge in [-0.2, -0.15) is 15.8 Å². The van der Waals surface area contributed by atoms with Gasteiger partial charge in [0.25, 0.3) is 25.2 Å². The molecule has 542 valence electrons. The van der Waals surface area contributed by atoms with Gasteiger partial charge in [-0.15, -0.1) is 0 Å². The number of rotatable bonds is 35. The summed E-state index contributed by atoms with van der Waals surface area (Å²) in [6.07, 6.45) is -9.32. The maximum atomic E-state index is 15.7. The third-order valence-electron chi connectivity index (χ3n) is 16.7. The summed E-state index contributed by atoms with van der Waals surface area (Å²) >= 11 is 0. The largest absolute Gasteiger partial charge is 0.497 e. The van der Waals surface area contributed by atoms with Crippen molar-refractivity contribution in [1.29, 1.82) is 15.8 Å². The van der Waals surface area contributed by atoms with E-state index in [4.69, 9.17) is 64.6 Å². The van der Waals surface area contributed by atoms with Gasteiger partial charge in [-0.25, -0.2) is 28.2 Å². The first-order valence-electron chi connectivity index (χ1n) is 32.4. The van der Waals surface area contributed by atoms with Crippen molar-refractivity contribution in [3.63, 3.8) is 0 Å². The molecule has 3 aliphatic heterocycles. The number of hydrogen-bond acceptors (Lipinski definition) is 26. The monoisotopic (exact) mass is 1460 g/mol. The average molecular weight is 1460 g/mol. The molecular weight excluding hydrogens is 1380 g/mol. The van der Waals surface area contributed by atoms with Crippen molar-refractivity contribution in [3.8, 4) is 29.7 Å². The summed E-state index contributed by atoms with van der Waals surface area (Å²) in [4.78, 5) is 85.5. The van der Waals surface area contributed by atoms with Crippen LogP contribution < -0.4 is 43.2 Å². The van der Waals surface area contributed by atoms with Crippen molar-refractivity contribution in [3.05, 3.63) is 193 Å². The lowest BCUT2D eigenvalue weighted by atomic mass is 9.80. The smallest absolute Gasteiger partial charge is 0.475 e. The van der Waals surface area contributed by atoms with Crippen molar-refractivity contribution >= 4 is 24.2 Å². The van der Waals surface area contributed by atoms with Crippen LogP contribution in [0.4, 0.5) is 0 Å². The highest BCUT2D eigenvalue weighted by atomic mass is 31.2. The van der Waals surface area contributed by atoms with Crippen LogP contribution in [0.5, 0.6) is 11.5 Å². The minimum Gasteiger partial charge on any atom is -0.497 e. The van der Waals surface area contributed by atoms with E-state index in [9.17, 15) is 44.6 Å². The Labute approximate surface area is 581 Å². The molecule has 3 aromatic heterocycles. The maximum absolute atomic E-state index is 15.7. The minimum atomic E-state index is -5.10. The summed E-state index contributed by atoms with van der Waals surface area (Å²) in [5, 5.41) is 28.9. The summed E-state index contributed by atoms with van der Waals surface area (Å²) in [6.45, 7) is 9.11. The molecule has 6 heterocycles. The van der Waals surface area contributed by atoms with E-state index in [1.807, 2.05) is 99.1 Å². The Balaban J connectivity index is 1.06. The van der Waals surface area contributed by atoms with Gasteiger partial charge in [0, 0.05) is 66.6 Å².